The van der Waals surface area contributed by atoms with E-state index in [1.165, 1.54) is 18.0 Å². The Bertz CT molecular complexity index is 688. The molecule has 0 aromatic carbocycles. The second kappa shape index (κ2) is 6.26. The SMILES string of the molecule is COC(=O)Cn1nnnc1Sc1cc(C)c([N+](=O)[O-])cn1. The maximum atomic E-state index is 11.2. The van der Waals surface area contributed by atoms with E-state index in [-0.39, 0.29) is 12.2 Å². The van der Waals surface area contributed by atoms with Crippen LogP contribution in [0.4, 0.5) is 5.69 Å². The lowest BCUT2D eigenvalue weighted by molar-refractivity contribution is -0.385. The molecule has 0 fully saturated rings. The van der Waals surface area contributed by atoms with E-state index in [0.717, 1.165) is 11.8 Å². The Morgan fingerprint density at radius 3 is 2.95 bits per heavy atom. The van der Waals surface area contributed by atoms with Gasteiger partial charge in [0, 0.05) is 5.56 Å². The first-order valence-corrected chi connectivity index (χ1v) is 6.44. The lowest BCUT2D eigenvalue weighted by Crippen LogP contribution is -2.13. The minimum atomic E-state index is -0.502. The van der Waals surface area contributed by atoms with Gasteiger partial charge in [0.2, 0.25) is 5.16 Å². The zero-order valence-electron chi connectivity index (χ0n) is 11.1. The Balaban J connectivity index is 2.19. The summed E-state index contributed by atoms with van der Waals surface area (Å²) < 4.78 is 5.79. The van der Waals surface area contributed by atoms with Crippen LogP contribution in [0.2, 0.25) is 0 Å². The molecule has 2 aromatic heterocycles. The summed E-state index contributed by atoms with van der Waals surface area (Å²) in [5.41, 5.74) is 0.415. The molecule has 2 aromatic rings. The van der Waals surface area contributed by atoms with Crippen molar-refractivity contribution in [2.24, 2.45) is 0 Å². The number of carbonyl (C=O) groups is 1. The van der Waals surface area contributed by atoms with E-state index in [1.54, 1.807) is 13.0 Å². The number of hydrogen-bond donors (Lipinski definition) is 0. The standard InChI is InChI=1S/C10H10N6O4S/c1-6-3-8(11-4-7(6)16(18)19)21-10-12-13-14-15(10)5-9(17)20-2/h3-4H,5H2,1-2H3. The number of nitro groups is 1. The van der Waals surface area contributed by atoms with Crippen molar-refractivity contribution in [3.05, 3.63) is 27.9 Å². The maximum absolute atomic E-state index is 11.2. The highest BCUT2D eigenvalue weighted by Crippen LogP contribution is 2.27. The summed E-state index contributed by atoms with van der Waals surface area (Å²) in [6.07, 6.45) is 1.17. The molecule has 0 bridgehead atoms. The summed E-state index contributed by atoms with van der Waals surface area (Å²) in [4.78, 5) is 25.4. The molecular weight excluding hydrogens is 300 g/mol. The van der Waals surface area contributed by atoms with Crippen LogP contribution in [0.1, 0.15) is 5.56 Å². The number of rotatable bonds is 5. The summed E-state index contributed by atoms with van der Waals surface area (Å²) in [7, 11) is 1.26. The van der Waals surface area contributed by atoms with E-state index in [4.69, 9.17) is 0 Å². The molecule has 0 atom stereocenters. The van der Waals surface area contributed by atoms with Gasteiger partial charge in [-0.05, 0) is 35.2 Å². The number of aryl methyl sites for hydroxylation is 1. The van der Waals surface area contributed by atoms with Gasteiger partial charge >= 0.3 is 5.97 Å². The molecule has 0 aliphatic carbocycles. The number of esters is 1. The molecule has 0 unspecified atom stereocenters. The fraction of sp³-hybridized carbons (Fsp3) is 0.300. The molecule has 0 saturated heterocycles. The topological polar surface area (TPSA) is 126 Å². The smallest absolute Gasteiger partial charge is 0.327 e. The van der Waals surface area contributed by atoms with Crippen molar-refractivity contribution in [2.45, 2.75) is 23.7 Å². The molecule has 0 saturated carbocycles. The predicted octanol–water partition coefficient (Wildman–Crippen LogP) is 0.609. The first-order valence-electron chi connectivity index (χ1n) is 5.63. The van der Waals surface area contributed by atoms with Gasteiger partial charge in [-0.2, -0.15) is 0 Å². The number of nitrogens with zero attached hydrogens (tertiary/aromatic N) is 6. The van der Waals surface area contributed by atoms with Gasteiger partial charge in [0.15, 0.2) is 0 Å². The predicted molar refractivity (Wildman–Crippen MR) is 69.6 cm³/mol. The fourth-order valence-electron chi connectivity index (χ4n) is 1.42. The third kappa shape index (κ3) is 3.51. The van der Waals surface area contributed by atoms with E-state index >= 15 is 0 Å². The Labute approximate surface area is 122 Å². The summed E-state index contributed by atoms with van der Waals surface area (Å²) >= 11 is 1.09. The van der Waals surface area contributed by atoms with Gasteiger partial charge in [-0.3, -0.25) is 14.9 Å². The Morgan fingerprint density at radius 2 is 2.33 bits per heavy atom. The van der Waals surface area contributed by atoms with E-state index in [1.807, 2.05) is 0 Å². The quantitative estimate of drug-likeness (QED) is 0.443. The summed E-state index contributed by atoms with van der Waals surface area (Å²) in [5, 5.41) is 22.5. The van der Waals surface area contributed by atoms with Crippen LogP contribution in [0.25, 0.3) is 0 Å². The molecule has 21 heavy (non-hydrogen) atoms. The van der Waals surface area contributed by atoms with Crippen molar-refractivity contribution in [1.82, 2.24) is 25.2 Å². The Hall–Kier alpha value is -2.56. The fourth-order valence-corrected chi connectivity index (χ4v) is 2.23. The number of pyridine rings is 1. The minimum absolute atomic E-state index is 0.0616. The summed E-state index contributed by atoms with van der Waals surface area (Å²) in [5.74, 6) is -0.489. The number of ether oxygens (including phenoxy) is 1. The van der Waals surface area contributed by atoms with E-state index in [2.05, 4.69) is 25.2 Å². The number of methoxy groups -OCH3 is 1. The molecule has 0 radical (unpaired) electrons. The molecule has 0 spiro atoms. The van der Waals surface area contributed by atoms with Crippen molar-refractivity contribution in [3.63, 3.8) is 0 Å². The lowest BCUT2D eigenvalue weighted by Gasteiger charge is -2.03. The zero-order chi connectivity index (χ0) is 15.4. The van der Waals surface area contributed by atoms with Gasteiger partial charge < -0.3 is 4.74 Å². The molecule has 2 heterocycles. The van der Waals surface area contributed by atoms with Crippen LogP contribution >= 0.6 is 11.8 Å². The lowest BCUT2D eigenvalue weighted by atomic mass is 10.3. The minimum Gasteiger partial charge on any atom is -0.468 e. The average molecular weight is 310 g/mol. The normalized spacial score (nSPS) is 10.4. The number of carbonyl (C=O) groups excluding carboxylic acids is 1. The van der Waals surface area contributed by atoms with Crippen LogP contribution in [0.3, 0.4) is 0 Å². The van der Waals surface area contributed by atoms with Crippen molar-refractivity contribution in [3.8, 4) is 0 Å². The van der Waals surface area contributed by atoms with E-state index in [9.17, 15) is 14.9 Å². The molecular formula is C10H10N6O4S. The molecule has 0 aliphatic rings. The van der Waals surface area contributed by atoms with Crippen LogP contribution in [-0.4, -0.2) is 43.2 Å². The van der Waals surface area contributed by atoms with Crippen LogP contribution in [0.5, 0.6) is 0 Å². The molecule has 2 rings (SSSR count). The van der Waals surface area contributed by atoms with Gasteiger partial charge in [-0.15, -0.1) is 5.10 Å². The summed E-state index contributed by atoms with van der Waals surface area (Å²) in [6, 6.07) is 1.56. The number of hydrogen-bond acceptors (Lipinski definition) is 9. The monoisotopic (exact) mass is 310 g/mol. The highest BCUT2D eigenvalue weighted by Gasteiger charge is 2.16. The van der Waals surface area contributed by atoms with Crippen LogP contribution < -0.4 is 0 Å². The third-order valence-electron chi connectivity index (χ3n) is 2.46. The Kier molecular flexibility index (Phi) is 4.42. The first-order chi connectivity index (χ1) is 10.0. The molecule has 0 amide bonds. The van der Waals surface area contributed by atoms with E-state index < -0.39 is 10.9 Å². The molecule has 0 aliphatic heterocycles. The van der Waals surface area contributed by atoms with Gasteiger partial charge in [0.25, 0.3) is 5.69 Å². The van der Waals surface area contributed by atoms with Gasteiger partial charge in [0.1, 0.15) is 17.8 Å². The first kappa shape index (κ1) is 14.8. The van der Waals surface area contributed by atoms with Gasteiger partial charge in [0.05, 0.1) is 12.0 Å². The van der Waals surface area contributed by atoms with Crippen molar-refractivity contribution in [1.29, 1.82) is 0 Å². The highest BCUT2D eigenvalue weighted by molar-refractivity contribution is 7.99. The number of tetrazole rings is 1. The zero-order valence-corrected chi connectivity index (χ0v) is 11.9. The molecule has 110 valence electrons. The van der Waals surface area contributed by atoms with Crippen LogP contribution in [-0.2, 0) is 16.1 Å². The van der Waals surface area contributed by atoms with Gasteiger partial charge in [-0.1, -0.05) is 0 Å². The van der Waals surface area contributed by atoms with Crippen molar-refractivity contribution in [2.75, 3.05) is 7.11 Å². The molecule has 0 N–H and O–H groups in total. The van der Waals surface area contributed by atoms with Crippen molar-refractivity contribution < 1.29 is 14.5 Å². The summed E-state index contributed by atoms with van der Waals surface area (Å²) in [6.45, 7) is 1.49. The maximum Gasteiger partial charge on any atom is 0.327 e. The van der Waals surface area contributed by atoms with Crippen LogP contribution in [0.15, 0.2) is 22.4 Å². The Morgan fingerprint density at radius 1 is 1.57 bits per heavy atom. The molecule has 11 heteroatoms. The van der Waals surface area contributed by atoms with Crippen molar-refractivity contribution >= 4 is 23.4 Å². The van der Waals surface area contributed by atoms with Crippen LogP contribution in [0, 0.1) is 17.0 Å². The second-order valence-corrected chi connectivity index (χ2v) is 4.85. The van der Waals surface area contributed by atoms with E-state index in [0.29, 0.717) is 15.7 Å². The third-order valence-corrected chi connectivity index (χ3v) is 3.36. The largest absolute Gasteiger partial charge is 0.468 e. The molecule has 10 nitrogen and oxygen atoms in total. The van der Waals surface area contributed by atoms with Gasteiger partial charge in [-0.25, -0.2) is 9.67 Å². The number of aromatic nitrogens is 5. The highest BCUT2D eigenvalue weighted by atomic mass is 32.2. The average Bonchev–Trinajstić information content (AvgIpc) is 2.85. The second-order valence-electron chi connectivity index (χ2n) is 3.86.